The largest absolute Gasteiger partial charge is 0.411 e. The lowest BCUT2D eigenvalue weighted by Crippen LogP contribution is -2.05. The van der Waals surface area contributed by atoms with Crippen LogP contribution in [0.3, 0.4) is 0 Å². The zero-order valence-electron chi connectivity index (χ0n) is 8.45. The highest BCUT2D eigenvalue weighted by atomic mass is 16.4. The van der Waals surface area contributed by atoms with E-state index >= 15 is 0 Å². The SMILES string of the molecule is CC(=O)Nc1ccc2c(c1)C/C(=N/O)C2. The van der Waals surface area contributed by atoms with Crippen LogP contribution >= 0.6 is 0 Å². The number of rotatable bonds is 1. The van der Waals surface area contributed by atoms with E-state index in [1.807, 2.05) is 18.2 Å². The quantitative estimate of drug-likeness (QED) is 0.538. The van der Waals surface area contributed by atoms with Gasteiger partial charge in [-0.2, -0.15) is 0 Å². The predicted octanol–water partition coefficient (Wildman–Crippen LogP) is 1.57. The highest BCUT2D eigenvalue weighted by Gasteiger charge is 2.17. The first-order valence-electron chi connectivity index (χ1n) is 4.78. The van der Waals surface area contributed by atoms with Crippen LogP contribution < -0.4 is 5.32 Å². The number of nitrogens with one attached hydrogen (secondary N) is 1. The van der Waals surface area contributed by atoms with Crippen LogP contribution in [0, 0.1) is 0 Å². The van der Waals surface area contributed by atoms with Gasteiger partial charge in [-0.25, -0.2) is 0 Å². The second-order valence-electron chi connectivity index (χ2n) is 3.68. The summed E-state index contributed by atoms with van der Waals surface area (Å²) in [6.07, 6.45) is 1.37. The fourth-order valence-electron chi connectivity index (χ4n) is 1.82. The third-order valence-corrected chi connectivity index (χ3v) is 2.46. The predicted molar refractivity (Wildman–Crippen MR) is 57.4 cm³/mol. The smallest absolute Gasteiger partial charge is 0.221 e. The van der Waals surface area contributed by atoms with Crippen LogP contribution in [0.25, 0.3) is 0 Å². The highest BCUT2D eigenvalue weighted by molar-refractivity contribution is 5.94. The molecule has 0 radical (unpaired) electrons. The van der Waals surface area contributed by atoms with Gasteiger partial charge >= 0.3 is 0 Å². The first kappa shape index (κ1) is 9.71. The Hall–Kier alpha value is -1.84. The van der Waals surface area contributed by atoms with E-state index in [9.17, 15) is 4.79 Å². The Kier molecular flexibility index (Phi) is 2.41. The molecule has 4 heteroatoms. The summed E-state index contributed by atoms with van der Waals surface area (Å²) >= 11 is 0. The van der Waals surface area contributed by atoms with Crippen LogP contribution in [0.5, 0.6) is 0 Å². The van der Waals surface area contributed by atoms with Crippen molar-refractivity contribution in [1.82, 2.24) is 0 Å². The molecule has 1 amide bonds. The normalized spacial score (nSPS) is 16.5. The van der Waals surface area contributed by atoms with Crippen LogP contribution in [0.2, 0.25) is 0 Å². The third kappa shape index (κ3) is 1.98. The number of hydrogen-bond acceptors (Lipinski definition) is 3. The van der Waals surface area contributed by atoms with Gasteiger partial charge in [-0.05, 0) is 23.3 Å². The van der Waals surface area contributed by atoms with Crippen molar-refractivity contribution in [3.05, 3.63) is 29.3 Å². The van der Waals surface area contributed by atoms with Gasteiger partial charge in [0.25, 0.3) is 0 Å². The van der Waals surface area contributed by atoms with Crippen molar-refractivity contribution in [2.45, 2.75) is 19.8 Å². The number of nitrogens with zero attached hydrogens (tertiary/aromatic N) is 1. The zero-order chi connectivity index (χ0) is 10.8. The average molecular weight is 204 g/mol. The lowest BCUT2D eigenvalue weighted by molar-refractivity contribution is -0.114. The van der Waals surface area contributed by atoms with E-state index in [0.29, 0.717) is 12.8 Å². The van der Waals surface area contributed by atoms with Gasteiger partial charge in [0.1, 0.15) is 0 Å². The summed E-state index contributed by atoms with van der Waals surface area (Å²) in [6.45, 7) is 1.48. The van der Waals surface area contributed by atoms with Gasteiger partial charge in [-0.3, -0.25) is 4.79 Å². The molecule has 0 bridgehead atoms. The van der Waals surface area contributed by atoms with Gasteiger partial charge in [0, 0.05) is 25.5 Å². The van der Waals surface area contributed by atoms with Crippen molar-refractivity contribution < 1.29 is 10.0 Å². The third-order valence-electron chi connectivity index (χ3n) is 2.46. The number of amides is 1. The molecule has 1 aliphatic rings. The summed E-state index contributed by atoms with van der Waals surface area (Å²) in [5.74, 6) is -0.0796. The van der Waals surface area contributed by atoms with Crippen molar-refractivity contribution in [2.75, 3.05) is 5.32 Å². The maximum Gasteiger partial charge on any atom is 0.221 e. The minimum Gasteiger partial charge on any atom is -0.411 e. The lowest BCUT2D eigenvalue weighted by atomic mass is 10.1. The first-order chi connectivity index (χ1) is 7.19. The molecule has 1 aromatic rings. The minimum atomic E-state index is -0.0796. The topological polar surface area (TPSA) is 61.7 Å². The standard InChI is InChI=1S/C11H12N2O2/c1-7(14)12-10-3-2-8-4-11(13-15)6-9(8)5-10/h2-3,5,15H,4,6H2,1H3,(H,12,14)/b13-11+. The van der Waals surface area contributed by atoms with Crippen LogP contribution in [-0.2, 0) is 17.6 Å². The molecule has 0 spiro atoms. The zero-order valence-corrected chi connectivity index (χ0v) is 8.45. The van der Waals surface area contributed by atoms with Crippen LogP contribution in [-0.4, -0.2) is 16.8 Å². The molecule has 0 unspecified atom stereocenters. The van der Waals surface area contributed by atoms with E-state index in [-0.39, 0.29) is 5.91 Å². The maximum absolute atomic E-state index is 10.9. The molecule has 0 aromatic heterocycles. The Balaban J connectivity index is 2.26. The second kappa shape index (κ2) is 3.73. The monoisotopic (exact) mass is 204 g/mol. The summed E-state index contributed by atoms with van der Waals surface area (Å²) in [5.41, 5.74) is 3.84. The fraction of sp³-hybridized carbons (Fsp3) is 0.273. The van der Waals surface area contributed by atoms with E-state index in [1.165, 1.54) is 6.92 Å². The molecule has 1 aromatic carbocycles. The Morgan fingerprint density at radius 3 is 2.80 bits per heavy atom. The Morgan fingerprint density at radius 2 is 2.13 bits per heavy atom. The molecule has 2 rings (SSSR count). The number of carbonyl (C=O) groups is 1. The molecular formula is C11H12N2O2. The Bertz CT molecular complexity index is 438. The van der Waals surface area contributed by atoms with Gasteiger partial charge in [-0.15, -0.1) is 0 Å². The van der Waals surface area contributed by atoms with Crippen molar-refractivity contribution in [3.63, 3.8) is 0 Å². The Labute approximate surface area is 87.6 Å². The minimum absolute atomic E-state index is 0.0796. The van der Waals surface area contributed by atoms with E-state index in [0.717, 1.165) is 22.5 Å². The molecule has 0 saturated heterocycles. The molecule has 2 N–H and O–H groups in total. The number of hydrogen-bond donors (Lipinski definition) is 2. The van der Waals surface area contributed by atoms with E-state index in [2.05, 4.69) is 10.5 Å². The lowest BCUT2D eigenvalue weighted by Gasteiger charge is -2.04. The van der Waals surface area contributed by atoms with Gasteiger partial charge in [0.15, 0.2) is 0 Å². The van der Waals surface area contributed by atoms with E-state index < -0.39 is 0 Å². The van der Waals surface area contributed by atoms with Gasteiger partial charge in [-0.1, -0.05) is 11.2 Å². The molecule has 0 atom stereocenters. The number of carbonyl (C=O) groups excluding carboxylic acids is 1. The number of anilines is 1. The summed E-state index contributed by atoms with van der Waals surface area (Å²) in [7, 11) is 0. The number of benzene rings is 1. The highest BCUT2D eigenvalue weighted by Crippen LogP contribution is 2.23. The van der Waals surface area contributed by atoms with Gasteiger partial charge in [0.2, 0.25) is 5.91 Å². The molecule has 0 saturated carbocycles. The van der Waals surface area contributed by atoms with E-state index in [4.69, 9.17) is 5.21 Å². The first-order valence-corrected chi connectivity index (χ1v) is 4.78. The fourth-order valence-corrected chi connectivity index (χ4v) is 1.82. The average Bonchev–Trinajstić information content (AvgIpc) is 2.58. The molecule has 0 aliphatic heterocycles. The van der Waals surface area contributed by atoms with Gasteiger partial charge in [0.05, 0.1) is 5.71 Å². The van der Waals surface area contributed by atoms with Gasteiger partial charge < -0.3 is 10.5 Å². The summed E-state index contributed by atoms with van der Waals surface area (Å²) in [5, 5.41) is 14.6. The van der Waals surface area contributed by atoms with Crippen molar-refractivity contribution in [1.29, 1.82) is 0 Å². The molecule has 4 nitrogen and oxygen atoms in total. The summed E-state index contributed by atoms with van der Waals surface area (Å²) in [6, 6.07) is 5.74. The molecule has 15 heavy (non-hydrogen) atoms. The molecular weight excluding hydrogens is 192 g/mol. The van der Waals surface area contributed by atoms with Crippen molar-refractivity contribution in [2.24, 2.45) is 5.16 Å². The van der Waals surface area contributed by atoms with Crippen LogP contribution in [0.15, 0.2) is 23.4 Å². The van der Waals surface area contributed by atoms with E-state index in [1.54, 1.807) is 0 Å². The summed E-state index contributed by atoms with van der Waals surface area (Å²) < 4.78 is 0. The number of oxime groups is 1. The molecule has 0 fully saturated rings. The molecule has 0 heterocycles. The number of fused-ring (bicyclic) bond motifs is 1. The Morgan fingerprint density at radius 1 is 1.40 bits per heavy atom. The summed E-state index contributed by atoms with van der Waals surface area (Å²) in [4.78, 5) is 10.9. The van der Waals surface area contributed by atoms with Crippen molar-refractivity contribution >= 4 is 17.3 Å². The maximum atomic E-state index is 10.9. The molecule has 1 aliphatic carbocycles. The van der Waals surface area contributed by atoms with Crippen LogP contribution in [0.1, 0.15) is 18.1 Å². The molecule has 78 valence electrons. The van der Waals surface area contributed by atoms with Crippen LogP contribution in [0.4, 0.5) is 5.69 Å². The second-order valence-corrected chi connectivity index (χ2v) is 3.68. The van der Waals surface area contributed by atoms with Crippen molar-refractivity contribution in [3.8, 4) is 0 Å².